The normalized spacial score (nSPS) is 12.0. The molecule has 0 saturated carbocycles. The molecule has 0 rings (SSSR count). The molecule has 0 aromatic carbocycles. The predicted octanol–water partition coefficient (Wildman–Crippen LogP) is 11.2. The van der Waals surface area contributed by atoms with Gasteiger partial charge in [0.1, 0.15) is 13.2 Å². The van der Waals surface area contributed by atoms with Crippen LogP contribution in [0.1, 0.15) is 194 Å². The highest BCUT2D eigenvalue weighted by atomic mass is 16.6. The molecule has 0 saturated heterocycles. The topological polar surface area (TPSA) is 61.8 Å². The van der Waals surface area contributed by atoms with Crippen LogP contribution in [0.2, 0.25) is 0 Å². The van der Waals surface area contributed by atoms with Gasteiger partial charge >= 0.3 is 11.9 Å². The van der Waals surface area contributed by atoms with Crippen molar-refractivity contribution in [1.82, 2.24) is 0 Å². The molecule has 0 aliphatic carbocycles. The number of unbranched alkanes of at least 4 members (excludes halogenated alkanes) is 26. The van der Waals surface area contributed by atoms with Crippen LogP contribution in [0.25, 0.3) is 0 Å². The van der Waals surface area contributed by atoms with Crippen molar-refractivity contribution < 1.29 is 32.8 Å². The van der Waals surface area contributed by atoms with Crippen LogP contribution in [0.4, 0.5) is 0 Å². The van der Waals surface area contributed by atoms with E-state index >= 15 is 0 Å². The first-order valence-electron chi connectivity index (χ1n) is 22.1. The van der Waals surface area contributed by atoms with Gasteiger partial charge < -0.3 is 23.2 Å². The van der Waals surface area contributed by atoms with Crippen LogP contribution >= 0.6 is 0 Å². The van der Waals surface area contributed by atoms with Gasteiger partial charge in [-0.15, -0.1) is 0 Å². The molecule has 0 N–H and O–H groups in total. The minimum absolute atomic E-state index is 0.181. The highest BCUT2D eigenvalue weighted by molar-refractivity contribution is 5.70. The molecular weight excluding hydrogens is 636 g/mol. The fourth-order valence-electron chi connectivity index (χ4n) is 6.95. The lowest BCUT2D eigenvalue weighted by molar-refractivity contribution is -0.883. The largest absolute Gasteiger partial charge is 0.459 e. The van der Waals surface area contributed by atoms with Gasteiger partial charge in [-0.1, -0.05) is 168 Å². The van der Waals surface area contributed by atoms with Crippen molar-refractivity contribution in [3.8, 4) is 0 Å². The number of carbonyl (C=O) groups is 2. The third-order valence-electron chi connectivity index (χ3n) is 10.3. The van der Waals surface area contributed by atoms with Crippen LogP contribution < -0.4 is 0 Å². The summed E-state index contributed by atoms with van der Waals surface area (Å²) in [7, 11) is 8.42. The van der Waals surface area contributed by atoms with Crippen molar-refractivity contribution in [2.75, 3.05) is 80.8 Å². The van der Waals surface area contributed by atoms with Gasteiger partial charge in [0.15, 0.2) is 13.1 Å². The molecule has 0 amide bonds. The number of quaternary nitrogens is 2. The number of carbonyl (C=O) groups excluding carboxylic acids is 2. The van der Waals surface area contributed by atoms with Crippen LogP contribution in [0.3, 0.4) is 0 Å². The Morgan fingerprint density at radius 2 is 0.588 bits per heavy atom. The van der Waals surface area contributed by atoms with Crippen LogP contribution in [-0.4, -0.2) is 102 Å². The Bertz CT molecular complexity index is 711. The summed E-state index contributed by atoms with van der Waals surface area (Å²) in [5.41, 5.74) is 0. The SMILES string of the molecule is CCCCCCCCCCCCCCCC[N+](C)(C)CC(=O)OCCOCCOC(=O)C[N+](C)(C)CCCCCCCCCCCCCCCC. The highest BCUT2D eigenvalue weighted by Gasteiger charge is 2.22. The summed E-state index contributed by atoms with van der Waals surface area (Å²) in [5, 5.41) is 0. The van der Waals surface area contributed by atoms with Gasteiger partial charge in [-0.2, -0.15) is 0 Å². The van der Waals surface area contributed by atoms with E-state index in [0.717, 1.165) is 25.9 Å². The van der Waals surface area contributed by atoms with Crippen LogP contribution in [0, 0.1) is 0 Å². The Kier molecular flexibility index (Phi) is 35.0. The number of hydrogen-bond acceptors (Lipinski definition) is 5. The summed E-state index contributed by atoms with van der Waals surface area (Å²) >= 11 is 0. The van der Waals surface area contributed by atoms with E-state index < -0.39 is 0 Å². The lowest BCUT2D eigenvalue weighted by Crippen LogP contribution is -2.45. The summed E-state index contributed by atoms with van der Waals surface area (Å²) in [4.78, 5) is 24.7. The zero-order valence-corrected chi connectivity index (χ0v) is 35.4. The second-order valence-electron chi connectivity index (χ2n) is 16.9. The summed E-state index contributed by atoms with van der Waals surface area (Å²) in [6, 6.07) is 0. The molecule has 7 nitrogen and oxygen atoms in total. The first-order chi connectivity index (χ1) is 24.6. The van der Waals surface area contributed by atoms with Gasteiger partial charge in [0.2, 0.25) is 0 Å². The lowest BCUT2D eigenvalue weighted by Gasteiger charge is -2.28. The summed E-state index contributed by atoms with van der Waals surface area (Å²) < 4.78 is 17.7. The average Bonchev–Trinajstić information content (AvgIpc) is 3.07. The van der Waals surface area contributed by atoms with Crippen LogP contribution in [0.5, 0.6) is 0 Å². The number of rotatable bonds is 40. The minimum atomic E-state index is -0.181. The van der Waals surface area contributed by atoms with Crippen LogP contribution in [-0.2, 0) is 23.8 Å². The molecular formula is C44H90N2O5+2. The van der Waals surface area contributed by atoms with Crippen molar-refractivity contribution in [3.63, 3.8) is 0 Å². The number of ether oxygens (including phenoxy) is 3. The number of likely N-dealkylation sites (N-methyl/N-ethyl adjacent to an activating group) is 2. The summed E-state index contributed by atoms with van der Waals surface area (Å²) in [5.74, 6) is -0.363. The van der Waals surface area contributed by atoms with E-state index in [1.54, 1.807) is 0 Å². The quantitative estimate of drug-likeness (QED) is 0.0357. The molecule has 0 spiro atoms. The van der Waals surface area contributed by atoms with E-state index in [-0.39, 0.29) is 25.2 Å². The molecule has 304 valence electrons. The monoisotopic (exact) mass is 727 g/mol. The Balaban J connectivity index is 3.63. The molecule has 7 heteroatoms. The fourth-order valence-corrected chi connectivity index (χ4v) is 6.95. The molecule has 0 aliphatic heterocycles. The smallest absolute Gasteiger partial charge is 0.361 e. The predicted molar refractivity (Wildman–Crippen MR) is 217 cm³/mol. The molecule has 0 fully saturated rings. The van der Waals surface area contributed by atoms with Gasteiger partial charge in [0.25, 0.3) is 0 Å². The number of nitrogens with zero attached hydrogens (tertiary/aromatic N) is 2. The first-order valence-corrected chi connectivity index (χ1v) is 22.1. The fraction of sp³-hybridized carbons (Fsp3) is 0.955. The highest BCUT2D eigenvalue weighted by Crippen LogP contribution is 2.15. The lowest BCUT2D eigenvalue weighted by atomic mass is 10.0. The third kappa shape index (κ3) is 38.4. The summed E-state index contributed by atoms with van der Waals surface area (Å²) in [6.45, 7) is 8.39. The van der Waals surface area contributed by atoms with Crippen molar-refractivity contribution >= 4 is 11.9 Å². The summed E-state index contributed by atoms with van der Waals surface area (Å²) in [6.07, 6.45) is 38.0. The Hall–Kier alpha value is -1.18. The minimum Gasteiger partial charge on any atom is -0.459 e. The van der Waals surface area contributed by atoms with E-state index in [2.05, 4.69) is 42.0 Å². The maximum atomic E-state index is 12.4. The number of esters is 2. The molecule has 0 unspecified atom stereocenters. The van der Waals surface area contributed by atoms with Crippen molar-refractivity contribution in [3.05, 3.63) is 0 Å². The third-order valence-corrected chi connectivity index (χ3v) is 10.3. The number of hydrogen-bond donors (Lipinski definition) is 0. The van der Waals surface area contributed by atoms with Gasteiger partial charge in [0, 0.05) is 0 Å². The standard InChI is InChI=1S/C44H90N2O5/c1-7-9-11-13-15-17-19-21-23-25-27-29-31-33-35-45(3,4)41-43(47)50-39-37-49-38-40-51-44(48)42-46(5,6)36-34-32-30-28-26-24-22-20-18-16-14-12-10-8-2/h7-42H2,1-6H3/q+2. The zero-order valence-electron chi connectivity index (χ0n) is 35.4. The van der Waals surface area contributed by atoms with Gasteiger partial charge in [-0.25, -0.2) is 9.59 Å². The molecule has 0 aliphatic rings. The van der Waals surface area contributed by atoms with Gasteiger partial charge in [0.05, 0.1) is 54.5 Å². The average molecular weight is 727 g/mol. The zero-order chi connectivity index (χ0) is 37.7. The molecule has 0 bridgehead atoms. The van der Waals surface area contributed by atoms with E-state index in [0.29, 0.717) is 35.3 Å². The molecule has 51 heavy (non-hydrogen) atoms. The van der Waals surface area contributed by atoms with E-state index in [1.807, 2.05) is 0 Å². The maximum Gasteiger partial charge on any atom is 0.361 e. The Labute approximate surface area is 318 Å². The van der Waals surface area contributed by atoms with E-state index in [9.17, 15) is 9.59 Å². The van der Waals surface area contributed by atoms with Gasteiger partial charge in [-0.05, 0) is 25.7 Å². The Morgan fingerprint density at radius 1 is 0.353 bits per heavy atom. The molecule has 0 radical (unpaired) electrons. The van der Waals surface area contributed by atoms with Crippen molar-refractivity contribution in [1.29, 1.82) is 0 Å². The molecule has 0 aromatic heterocycles. The maximum absolute atomic E-state index is 12.4. The van der Waals surface area contributed by atoms with Crippen LogP contribution in [0.15, 0.2) is 0 Å². The molecule has 0 atom stereocenters. The molecule has 0 heterocycles. The molecule has 0 aromatic rings. The first kappa shape index (κ1) is 49.8. The second-order valence-corrected chi connectivity index (χ2v) is 16.9. The van der Waals surface area contributed by atoms with Gasteiger partial charge in [-0.3, -0.25) is 0 Å². The van der Waals surface area contributed by atoms with E-state index in [1.165, 1.54) is 167 Å². The van der Waals surface area contributed by atoms with E-state index in [4.69, 9.17) is 14.2 Å². The Morgan fingerprint density at radius 3 is 0.843 bits per heavy atom. The van der Waals surface area contributed by atoms with Crippen molar-refractivity contribution in [2.45, 2.75) is 194 Å². The van der Waals surface area contributed by atoms with Crippen molar-refractivity contribution in [2.24, 2.45) is 0 Å². The second kappa shape index (κ2) is 35.8.